The molecular weight excluding hydrogens is 277 g/mol. The van der Waals surface area contributed by atoms with Crippen LogP contribution in [0.15, 0.2) is 24.3 Å². The molecule has 0 aliphatic heterocycles. The maximum atomic E-state index is 10.4. The summed E-state index contributed by atoms with van der Waals surface area (Å²) in [5.74, 6) is -0.00519. The van der Waals surface area contributed by atoms with E-state index < -0.39 is 0 Å². The summed E-state index contributed by atoms with van der Waals surface area (Å²) >= 11 is 5.47. The van der Waals surface area contributed by atoms with Gasteiger partial charge in [0, 0.05) is 30.9 Å². The third-order valence-corrected chi connectivity index (χ3v) is 1.07. The summed E-state index contributed by atoms with van der Waals surface area (Å²) in [4.78, 5) is 0. The second-order valence-electron chi connectivity index (χ2n) is 1.45. The maximum Gasteiger partial charge on any atom is 0.0405 e. The third kappa shape index (κ3) is 6.45. The number of benzene rings is 1. The van der Waals surface area contributed by atoms with Gasteiger partial charge in [-0.3, -0.25) is 0 Å². The van der Waals surface area contributed by atoms with Crippen LogP contribution in [0.2, 0.25) is 5.02 Å². The standard InChI is InChI=1S/C6H5ClO.2H2O.Sb.H2/c7-5-1-3-6(8)4-2-5;;;;/h1-4,8H;2*1H2;;1H/p-2. The number of hydrogen-bond donors (Lipinski definition) is 0. The van der Waals surface area contributed by atoms with Crippen molar-refractivity contribution in [3.05, 3.63) is 29.3 Å². The average molecular weight is 286 g/mol. The second kappa shape index (κ2) is 8.15. The molecule has 1 aromatic rings. The van der Waals surface area contributed by atoms with E-state index >= 15 is 0 Å². The first-order valence-electron chi connectivity index (χ1n) is 2.21. The van der Waals surface area contributed by atoms with Gasteiger partial charge in [-0.15, -0.1) is 5.75 Å². The van der Waals surface area contributed by atoms with E-state index in [1.807, 2.05) is 0 Å². The van der Waals surface area contributed by atoms with Crippen LogP contribution in [0, 0.1) is 0 Å². The van der Waals surface area contributed by atoms with Gasteiger partial charge in [0.15, 0.2) is 0 Å². The van der Waals surface area contributed by atoms with Crippen LogP contribution in [-0.2, 0) is 0 Å². The SMILES string of the molecule is O.[HH].[O-]c1ccc(Cl)cc1.[OH-].[Sb]. The second-order valence-corrected chi connectivity index (χ2v) is 1.89. The fourth-order valence-corrected chi connectivity index (χ4v) is 0.561. The van der Waals surface area contributed by atoms with Crippen LogP contribution in [0.5, 0.6) is 5.75 Å². The molecule has 1 rings (SSSR count). The zero-order valence-corrected chi connectivity index (χ0v) is 8.80. The van der Waals surface area contributed by atoms with Gasteiger partial charge in [-0.2, -0.15) is 0 Å². The largest absolute Gasteiger partial charge is 0.872 e. The number of rotatable bonds is 0. The van der Waals surface area contributed by atoms with Crippen molar-refractivity contribution >= 4 is 36.0 Å². The Hall–Kier alpha value is 0.0482. The molecule has 0 heterocycles. The van der Waals surface area contributed by atoms with Crippen molar-refractivity contribution in [1.29, 1.82) is 0 Å². The Morgan fingerprint density at radius 1 is 1.18 bits per heavy atom. The molecule has 0 saturated heterocycles. The molecule has 3 nitrogen and oxygen atoms in total. The molecule has 0 fully saturated rings. The molecule has 3 radical (unpaired) electrons. The Kier molecular flexibility index (Phi) is 12.8. The van der Waals surface area contributed by atoms with E-state index in [0.717, 1.165) is 0 Å². The molecular formula is C6H9ClO3Sb-2. The predicted octanol–water partition coefficient (Wildman–Crippen LogP) is 0.277. The molecule has 0 bridgehead atoms. The van der Waals surface area contributed by atoms with Crippen LogP contribution in [0.1, 0.15) is 1.43 Å². The van der Waals surface area contributed by atoms with E-state index in [4.69, 9.17) is 11.6 Å². The van der Waals surface area contributed by atoms with Crippen molar-refractivity contribution in [1.82, 2.24) is 0 Å². The third-order valence-electron chi connectivity index (χ3n) is 0.814. The monoisotopic (exact) mass is 285 g/mol. The van der Waals surface area contributed by atoms with Gasteiger partial charge in [0.25, 0.3) is 0 Å². The topological polar surface area (TPSA) is 84.6 Å². The Bertz CT molecular complexity index is 162. The smallest absolute Gasteiger partial charge is 0.0405 e. The van der Waals surface area contributed by atoms with Crippen LogP contribution >= 0.6 is 11.6 Å². The molecule has 0 spiro atoms. The van der Waals surface area contributed by atoms with E-state index in [0.29, 0.717) is 5.02 Å². The van der Waals surface area contributed by atoms with Gasteiger partial charge in [0.05, 0.1) is 0 Å². The summed E-state index contributed by atoms with van der Waals surface area (Å²) in [5, 5.41) is 11.0. The molecule has 0 aliphatic carbocycles. The average Bonchev–Trinajstić information content (AvgIpc) is 1.77. The summed E-state index contributed by atoms with van der Waals surface area (Å²) < 4.78 is 0. The molecule has 0 aromatic heterocycles. The fraction of sp³-hybridized carbons (Fsp3) is 0. The van der Waals surface area contributed by atoms with Gasteiger partial charge in [-0.1, -0.05) is 23.7 Å². The van der Waals surface area contributed by atoms with E-state index in [2.05, 4.69) is 0 Å². The van der Waals surface area contributed by atoms with Crippen LogP contribution in [-0.4, -0.2) is 35.4 Å². The molecule has 5 heteroatoms. The van der Waals surface area contributed by atoms with Gasteiger partial charge >= 0.3 is 0 Å². The van der Waals surface area contributed by atoms with E-state index in [9.17, 15) is 5.11 Å². The zero-order chi connectivity index (χ0) is 5.98. The van der Waals surface area contributed by atoms with Crippen molar-refractivity contribution < 1.29 is 17.5 Å². The normalized spacial score (nSPS) is 6.64. The fourth-order valence-electron chi connectivity index (χ4n) is 0.435. The molecule has 0 unspecified atom stereocenters. The van der Waals surface area contributed by atoms with Gasteiger partial charge in [0.1, 0.15) is 0 Å². The minimum absolute atomic E-state index is 0. The van der Waals surface area contributed by atoms with Crippen LogP contribution in [0.4, 0.5) is 0 Å². The first-order chi connectivity index (χ1) is 3.79. The summed E-state index contributed by atoms with van der Waals surface area (Å²) in [7, 11) is 0. The number of hydrogen-bond acceptors (Lipinski definition) is 2. The summed E-state index contributed by atoms with van der Waals surface area (Å²) in [6, 6.07) is 6.01. The minimum atomic E-state index is -0.00519. The zero-order valence-electron chi connectivity index (χ0n) is 5.49. The van der Waals surface area contributed by atoms with Crippen molar-refractivity contribution in [3.8, 4) is 5.75 Å². The van der Waals surface area contributed by atoms with Crippen LogP contribution < -0.4 is 5.11 Å². The molecule has 65 valence electrons. The van der Waals surface area contributed by atoms with Gasteiger partial charge < -0.3 is 16.1 Å². The molecule has 0 aliphatic rings. The Morgan fingerprint density at radius 2 is 1.55 bits per heavy atom. The summed E-state index contributed by atoms with van der Waals surface area (Å²) in [5.41, 5.74) is 0. The predicted molar refractivity (Wildman–Crippen MR) is 44.3 cm³/mol. The first kappa shape index (κ1) is 17.2. The Morgan fingerprint density at radius 3 is 1.82 bits per heavy atom. The van der Waals surface area contributed by atoms with Gasteiger partial charge in [0.2, 0.25) is 0 Å². The van der Waals surface area contributed by atoms with Crippen LogP contribution in [0.3, 0.4) is 0 Å². The Labute approximate surface area is 88.5 Å². The van der Waals surface area contributed by atoms with E-state index in [-0.39, 0.29) is 42.6 Å². The molecule has 3 N–H and O–H groups in total. The molecule has 11 heavy (non-hydrogen) atoms. The maximum absolute atomic E-state index is 10.4. The van der Waals surface area contributed by atoms with Crippen molar-refractivity contribution in [2.45, 2.75) is 0 Å². The van der Waals surface area contributed by atoms with Gasteiger partial charge in [-0.05, 0) is 12.1 Å². The molecule has 0 atom stereocenters. The Balaban J connectivity index is -0.0000000800. The van der Waals surface area contributed by atoms with Crippen LogP contribution in [0.25, 0.3) is 0 Å². The molecule has 1 aromatic carbocycles. The van der Waals surface area contributed by atoms with Gasteiger partial charge in [-0.25, -0.2) is 0 Å². The van der Waals surface area contributed by atoms with Crippen molar-refractivity contribution in [2.75, 3.05) is 0 Å². The quantitative estimate of drug-likeness (QED) is 0.641. The number of halogens is 1. The van der Waals surface area contributed by atoms with E-state index in [1.165, 1.54) is 12.1 Å². The van der Waals surface area contributed by atoms with E-state index in [1.54, 1.807) is 12.1 Å². The minimum Gasteiger partial charge on any atom is -0.872 e. The first-order valence-corrected chi connectivity index (χ1v) is 2.59. The molecule has 0 amide bonds. The van der Waals surface area contributed by atoms with Crippen molar-refractivity contribution in [3.63, 3.8) is 0 Å². The molecule has 0 saturated carbocycles. The summed E-state index contributed by atoms with van der Waals surface area (Å²) in [6.45, 7) is 0. The summed E-state index contributed by atoms with van der Waals surface area (Å²) in [6.07, 6.45) is 0. The van der Waals surface area contributed by atoms with Crippen molar-refractivity contribution in [2.24, 2.45) is 0 Å².